The Morgan fingerprint density at radius 2 is 1.63 bits per heavy atom. The molecule has 2 N–H and O–H groups in total. The van der Waals surface area contributed by atoms with Crippen molar-refractivity contribution in [3.8, 4) is 22.5 Å². The molecule has 0 fully saturated rings. The molecule has 0 aliphatic heterocycles. The maximum absolute atomic E-state index is 12.9. The van der Waals surface area contributed by atoms with Gasteiger partial charge in [0.1, 0.15) is 16.4 Å². The molecule has 38 heavy (non-hydrogen) atoms. The fraction of sp³-hybridized carbons (Fsp3) is 0.120. The predicted octanol–water partition coefficient (Wildman–Crippen LogP) is 4.75. The van der Waals surface area contributed by atoms with E-state index in [-0.39, 0.29) is 15.9 Å². The summed E-state index contributed by atoms with van der Waals surface area (Å²) in [5.74, 6) is -0.275. The van der Waals surface area contributed by atoms with Crippen molar-refractivity contribution in [3.63, 3.8) is 0 Å². The van der Waals surface area contributed by atoms with Crippen molar-refractivity contribution in [1.82, 2.24) is 25.4 Å². The molecule has 1 atom stereocenters. The summed E-state index contributed by atoms with van der Waals surface area (Å²) in [5.41, 5.74) is 3.98. The summed E-state index contributed by atoms with van der Waals surface area (Å²) < 4.78 is 27.6. The van der Waals surface area contributed by atoms with Gasteiger partial charge >= 0.3 is 0 Å². The van der Waals surface area contributed by atoms with Crippen molar-refractivity contribution in [1.29, 1.82) is 0 Å². The van der Waals surface area contributed by atoms with Crippen molar-refractivity contribution >= 4 is 60.6 Å². The zero-order valence-electron chi connectivity index (χ0n) is 20.0. The van der Waals surface area contributed by atoms with Crippen LogP contribution < -0.4 is 10.0 Å². The van der Waals surface area contributed by atoms with Crippen molar-refractivity contribution in [3.05, 3.63) is 65.7 Å². The minimum absolute atomic E-state index is 0.0411. The van der Waals surface area contributed by atoms with Crippen LogP contribution in [0.15, 0.2) is 70.7 Å². The molecule has 0 spiro atoms. The number of amides is 1. The van der Waals surface area contributed by atoms with Gasteiger partial charge in [-0.15, -0.1) is 20.4 Å². The van der Waals surface area contributed by atoms with Crippen LogP contribution in [0.25, 0.3) is 33.3 Å². The van der Waals surface area contributed by atoms with Gasteiger partial charge in [0.25, 0.3) is 10.0 Å². The zero-order valence-corrected chi connectivity index (χ0v) is 22.5. The molecule has 13 heteroatoms. The van der Waals surface area contributed by atoms with Crippen LogP contribution in [0.4, 0.5) is 10.8 Å². The Morgan fingerprint density at radius 1 is 0.921 bits per heavy atom. The molecule has 0 saturated heterocycles. The molecule has 0 saturated carbocycles. The summed E-state index contributed by atoms with van der Waals surface area (Å²) in [6, 6.07) is 18.0. The maximum Gasteiger partial charge on any atom is 0.263 e. The molecule has 5 aromatic rings. The summed E-state index contributed by atoms with van der Waals surface area (Å²) in [4.78, 5) is 17.6. The van der Waals surface area contributed by atoms with Crippen LogP contribution in [-0.2, 0) is 14.8 Å². The van der Waals surface area contributed by atoms with E-state index in [1.165, 1.54) is 36.0 Å². The van der Waals surface area contributed by atoms with Gasteiger partial charge in [-0.05, 0) is 43.5 Å². The van der Waals surface area contributed by atoms with Crippen LogP contribution in [0.3, 0.4) is 0 Å². The zero-order chi connectivity index (χ0) is 26.4. The number of thioether (sulfide) groups is 1. The predicted molar refractivity (Wildman–Crippen MR) is 148 cm³/mol. The molecule has 1 amide bonds. The lowest BCUT2D eigenvalue weighted by Gasteiger charge is -2.12. The third-order valence-corrected chi connectivity index (χ3v) is 9.10. The third kappa shape index (κ3) is 4.48. The van der Waals surface area contributed by atoms with Crippen LogP contribution in [-0.4, -0.2) is 45.0 Å². The highest BCUT2D eigenvalue weighted by molar-refractivity contribution is 8.00. The van der Waals surface area contributed by atoms with Crippen molar-refractivity contribution in [2.24, 2.45) is 0 Å². The Balaban J connectivity index is 1.14. The van der Waals surface area contributed by atoms with E-state index in [9.17, 15) is 13.2 Å². The summed E-state index contributed by atoms with van der Waals surface area (Å²) in [6.45, 7) is 3.48. The van der Waals surface area contributed by atoms with Crippen LogP contribution in [0, 0.1) is 6.92 Å². The first-order valence-electron chi connectivity index (χ1n) is 11.5. The Labute approximate surface area is 226 Å². The van der Waals surface area contributed by atoms with Gasteiger partial charge < -0.3 is 5.32 Å². The number of aryl methyl sites for hydroxylation is 1. The Morgan fingerprint density at radius 3 is 2.32 bits per heavy atom. The minimum Gasteiger partial charge on any atom is -0.325 e. The molecule has 10 nitrogen and oxygen atoms in total. The fourth-order valence-corrected chi connectivity index (χ4v) is 6.69. The lowest BCUT2D eigenvalue weighted by molar-refractivity contribution is -0.115. The van der Waals surface area contributed by atoms with Crippen LogP contribution in [0.1, 0.15) is 11.9 Å². The molecule has 0 radical (unpaired) electrons. The average molecular weight is 562 g/mol. The largest absolute Gasteiger partial charge is 0.325 e. The summed E-state index contributed by atoms with van der Waals surface area (Å²) in [7, 11) is -3.82. The Kier molecular flexibility index (Phi) is 6.05. The van der Waals surface area contributed by atoms with E-state index in [2.05, 4.69) is 42.6 Å². The Bertz CT molecular complexity index is 1820. The lowest BCUT2D eigenvalue weighted by atomic mass is 10.0. The number of benzene rings is 3. The highest BCUT2D eigenvalue weighted by Crippen LogP contribution is 2.45. The topological polar surface area (TPSA) is 140 Å². The Hall–Kier alpha value is -3.94. The molecular formula is C25H19N7O3S3. The third-order valence-electron chi connectivity index (χ3n) is 5.91. The van der Waals surface area contributed by atoms with E-state index in [4.69, 9.17) is 4.98 Å². The van der Waals surface area contributed by atoms with Crippen LogP contribution in [0.5, 0.6) is 0 Å². The number of sulfonamides is 1. The smallest absolute Gasteiger partial charge is 0.263 e. The first-order chi connectivity index (χ1) is 18.3. The highest BCUT2D eigenvalue weighted by Gasteiger charge is 2.26. The van der Waals surface area contributed by atoms with Gasteiger partial charge in [0, 0.05) is 22.2 Å². The number of nitrogens with one attached hydrogen (secondary N) is 2. The van der Waals surface area contributed by atoms with Gasteiger partial charge in [0.15, 0.2) is 0 Å². The molecule has 1 aliphatic carbocycles. The number of fused-ring (bicyclic) bond motifs is 3. The summed E-state index contributed by atoms with van der Waals surface area (Å²) in [6.07, 6.45) is 0. The van der Waals surface area contributed by atoms with Gasteiger partial charge in [-0.1, -0.05) is 59.5 Å². The van der Waals surface area contributed by atoms with Gasteiger partial charge in [0.2, 0.25) is 16.2 Å². The molecular weight excluding hydrogens is 543 g/mol. The maximum atomic E-state index is 12.9. The van der Waals surface area contributed by atoms with Crippen molar-refractivity contribution < 1.29 is 13.2 Å². The summed E-state index contributed by atoms with van der Waals surface area (Å²) in [5, 5.41) is 22.0. The van der Waals surface area contributed by atoms with Crippen molar-refractivity contribution in [2.75, 3.05) is 10.0 Å². The average Bonchev–Trinajstić information content (AvgIpc) is 3.45. The van der Waals surface area contributed by atoms with E-state index in [1.807, 2.05) is 24.3 Å². The quantitative estimate of drug-likeness (QED) is 0.264. The van der Waals surface area contributed by atoms with Crippen LogP contribution >= 0.6 is 23.1 Å². The number of carbonyl (C=O) groups is 1. The standard InChI is InChI=1S/C25H19N7O3S3/c1-13(23(33)26-16-9-11-17(12-10-16)38(34,35)32-25-31-28-14(2)37-25)36-24-27-21-18-7-3-5-15-6-4-8-19(20(15)18)22(21)29-30-24/h3-13H,1-2H3,(H,26,33)(H,31,32). The normalized spacial score (nSPS) is 12.8. The molecule has 2 heterocycles. The number of hydrogen-bond acceptors (Lipinski definition) is 10. The molecule has 6 rings (SSSR count). The molecule has 3 aromatic carbocycles. The molecule has 0 bridgehead atoms. The second-order valence-electron chi connectivity index (χ2n) is 8.51. The van der Waals surface area contributed by atoms with Gasteiger partial charge in [-0.25, -0.2) is 13.4 Å². The van der Waals surface area contributed by atoms with E-state index in [0.29, 0.717) is 15.9 Å². The number of hydrogen-bond donors (Lipinski definition) is 2. The van der Waals surface area contributed by atoms with Crippen LogP contribution in [0.2, 0.25) is 0 Å². The number of carbonyl (C=O) groups excluding carboxylic acids is 1. The lowest BCUT2D eigenvalue weighted by Crippen LogP contribution is -2.23. The monoisotopic (exact) mass is 561 g/mol. The van der Waals surface area contributed by atoms with Gasteiger partial charge in [0.05, 0.1) is 10.1 Å². The number of aromatic nitrogens is 5. The van der Waals surface area contributed by atoms with E-state index in [0.717, 1.165) is 44.6 Å². The second-order valence-corrected chi connectivity index (χ2v) is 12.7. The van der Waals surface area contributed by atoms with E-state index < -0.39 is 15.3 Å². The van der Waals surface area contributed by atoms with Gasteiger partial charge in [-0.3, -0.25) is 9.52 Å². The first kappa shape index (κ1) is 24.4. The second kappa shape index (κ2) is 9.42. The fourth-order valence-electron chi connectivity index (χ4n) is 4.15. The number of nitrogens with zero attached hydrogens (tertiary/aromatic N) is 5. The molecule has 1 unspecified atom stereocenters. The van der Waals surface area contributed by atoms with E-state index >= 15 is 0 Å². The molecule has 2 aromatic heterocycles. The highest BCUT2D eigenvalue weighted by atomic mass is 32.2. The van der Waals surface area contributed by atoms with Crippen molar-refractivity contribution in [2.45, 2.75) is 29.1 Å². The van der Waals surface area contributed by atoms with E-state index in [1.54, 1.807) is 13.8 Å². The molecule has 190 valence electrons. The first-order valence-corrected chi connectivity index (χ1v) is 14.6. The summed E-state index contributed by atoms with van der Waals surface area (Å²) >= 11 is 2.34. The number of rotatable bonds is 7. The van der Waals surface area contributed by atoms with Gasteiger partial charge in [-0.2, -0.15) is 0 Å². The molecule has 1 aliphatic rings. The number of anilines is 2. The SMILES string of the molecule is Cc1nnc(NS(=O)(=O)c2ccc(NC(=O)C(C)Sc3nnc4c(n3)-c3cccc5cccc-4c35)cc2)s1. The minimum atomic E-state index is -3.82.